The second-order valence-electron chi connectivity index (χ2n) is 4.88. The predicted octanol–water partition coefficient (Wildman–Crippen LogP) is 3.77. The molecule has 2 atom stereocenters. The first-order chi connectivity index (χ1) is 9.56. The molecule has 112 valence electrons. The number of nitriles is 1. The maximum Gasteiger partial charge on any atom is 0.207 e. The molecule has 7 heteroatoms. The van der Waals surface area contributed by atoms with E-state index in [4.69, 9.17) is 21.0 Å². The molecule has 0 aromatic carbocycles. The Morgan fingerprint density at radius 2 is 2.25 bits per heavy atom. The van der Waals surface area contributed by atoms with Gasteiger partial charge in [-0.1, -0.05) is 0 Å². The monoisotopic (exact) mass is 316 g/mol. The lowest BCUT2D eigenvalue weighted by molar-refractivity contribution is 0.242. The van der Waals surface area contributed by atoms with Crippen LogP contribution in [0.3, 0.4) is 0 Å². The highest BCUT2D eigenvalue weighted by Crippen LogP contribution is 2.49. The van der Waals surface area contributed by atoms with Crippen LogP contribution < -0.4 is 0 Å². The van der Waals surface area contributed by atoms with Gasteiger partial charge in [0.2, 0.25) is 7.65 Å². The molecule has 0 N–H and O–H groups in total. The van der Waals surface area contributed by atoms with E-state index < -0.39 is 7.65 Å². The minimum atomic E-state index is -1.17. The van der Waals surface area contributed by atoms with Gasteiger partial charge in [-0.3, -0.25) is 0 Å². The van der Waals surface area contributed by atoms with Crippen LogP contribution in [-0.4, -0.2) is 32.9 Å². The van der Waals surface area contributed by atoms with E-state index in [0.717, 1.165) is 13.0 Å². The van der Waals surface area contributed by atoms with Crippen LogP contribution in [-0.2, 0) is 11.1 Å². The van der Waals surface area contributed by atoms with Crippen LogP contribution in [0.1, 0.15) is 33.6 Å². The van der Waals surface area contributed by atoms with E-state index in [0.29, 0.717) is 25.1 Å². The number of aromatic nitrogens is 2. The number of aryl methyl sites for hydroxylation is 1. The van der Waals surface area contributed by atoms with Crippen LogP contribution in [0.25, 0.3) is 0 Å². The molecule has 0 bridgehead atoms. The van der Waals surface area contributed by atoms with Gasteiger partial charge in [-0.15, -0.1) is 0 Å². The van der Waals surface area contributed by atoms with Crippen LogP contribution in [0.15, 0.2) is 18.7 Å². The summed E-state index contributed by atoms with van der Waals surface area (Å²) in [6.07, 6.45) is 6.91. The van der Waals surface area contributed by atoms with Crippen molar-refractivity contribution in [2.45, 2.75) is 52.2 Å². The van der Waals surface area contributed by atoms with Crippen LogP contribution in [0.5, 0.6) is 0 Å². The van der Waals surface area contributed by atoms with Gasteiger partial charge in [-0.25, -0.2) is 9.65 Å². The second kappa shape index (κ2) is 9.31. The maximum absolute atomic E-state index is 8.54. The quantitative estimate of drug-likeness (QED) is 0.514. The normalized spacial score (nSPS) is 14.4. The molecule has 1 aromatic heterocycles. The molecule has 1 heterocycles. The Balaban J connectivity index is 2.49. The average molecular weight is 317 g/mol. The molecule has 0 aliphatic carbocycles. The maximum atomic E-state index is 8.54. The fourth-order valence-corrected chi connectivity index (χ4v) is 4.31. The van der Waals surface area contributed by atoms with Crippen molar-refractivity contribution >= 4 is 18.9 Å². The fraction of sp³-hybridized carbons (Fsp3) is 0.692. The van der Waals surface area contributed by atoms with Gasteiger partial charge in [0.25, 0.3) is 0 Å². The molecule has 0 spiro atoms. The summed E-state index contributed by atoms with van der Waals surface area (Å²) in [5, 5.41) is 8.54. The topological polar surface area (TPSA) is 54.1 Å². The number of imidazole rings is 1. The van der Waals surface area contributed by atoms with Crippen molar-refractivity contribution in [3.05, 3.63) is 18.7 Å². The Hall–Kier alpha value is -0.660. The molecule has 20 heavy (non-hydrogen) atoms. The molecule has 0 saturated heterocycles. The van der Waals surface area contributed by atoms with Crippen molar-refractivity contribution in [2.75, 3.05) is 6.61 Å². The highest BCUT2D eigenvalue weighted by atomic mass is 35.7. The third-order valence-corrected chi connectivity index (χ3v) is 5.37. The van der Waals surface area contributed by atoms with E-state index in [1.807, 2.05) is 12.5 Å². The molecule has 0 saturated carbocycles. The lowest BCUT2D eigenvalue weighted by Gasteiger charge is -2.35. The van der Waals surface area contributed by atoms with Gasteiger partial charge >= 0.3 is 0 Å². The zero-order valence-electron chi connectivity index (χ0n) is 12.2. The van der Waals surface area contributed by atoms with Crippen LogP contribution >= 0.6 is 18.9 Å². The number of hydrogen-bond donors (Lipinski definition) is 0. The van der Waals surface area contributed by atoms with E-state index in [2.05, 4.69) is 41.1 Å². The third kappa shape index (κ3) is 5.76. The molecule has 0 amide bonds. The molecule has 1 rings (SSSR count). The minimum Gasteiger partial charge on any atom is -0.337 e. The largest absolute Gasteiger partial charge is 0.337 e. The molecule has 0 aliphatic heterocycles. The zero-order valence-corrected chi connectivity index (χ0v) is 13.9. The van der Waals surface area contributed by atoms with Crippen LogP contribution in [0.2, 0.25) is 0 Å². The lowest BCUT2D eigenvalue weighted by Crippen LogP contribution is -2.34. The molecular weight excluding hydrogens is 295 g/mol. The first-order valence-corrected chi connectivity index (χ1v) is 8.87. The third-order valence-electron chi connectivity index (χ3n) is 2.94. The van der Waals surface area contributed by atoms with Crippen molar-refractivity contribution in [3.63, 3.8) is 0 Å². The summed E-state index contributed by atoms with van der Waals surface area (Å²) >= 11 is 6.37. The van der Waals surface area contributed by atoms with Gasteiger partial charge in [0.1, 0.15) is 0 Å². The van der Waals surface area contributed by atoms with E-state index in [1.165, 1.54) is 0 Å². The lowest BCUT2D eigenvalue weighted by atomic mass is 10.2. The average Bonchev–Trinajstić information content (AvgIpc) is 2.89. The van der Waals surface area contributed by atoms with Crippen molar-refractivity contribution in [3.8, 4) is 6.07 Å². The second-order valence-corrected chi connectivity index (χ2v) is 6.92. The van der Waals surface area contributed by atoms with Crippen molar-refractivity contribution in [1.29, 1.82) is 5.26 Å². The van der Waals surface area contributed by atoms with E-state index in [-0.39, 0.29) is 0 Å². The van der Waals surface area contributed by atoms with Gasteiger partial charge in [-0.2, -0.15) is 5.26 Å². The Bertz CT molecular complexity index is 407. The van der Waals surface area contributed by atoms with Gasteiger partial charge < -0.3 is 9.09 Å². The van der Waals surface area contributed by atoms with Crippen molar-refractivity contribution in [2.24, 2.45) is 0 Å². The molecule has 1 aromatic rings. The van der Waals surface area contributed by atoms with Crippen LogP contribution in [0.4, 0.5) is 0 Å². The highest BCUT2D eigenvalue weighted by Gasteiger charge is 2.25. The van der Waals surface area contributed by atoms with Crippen molar-refractivity contribution in [1.82, 2.24) is 14.2 Å². The van der Waals surface area contributed by atoms with Gasteiger partial charge in [0, 0.05) is 31.0 Å². The van der Waals surface area contributed by atoms with Gasteiger partial charge in [0.05, 0.1) is 25.4 Å². The van der Waals surface area contributed by atoms with E-state index >= 15 is 0 Å². The Kier molecular flexibility index (Phi) is 8.09. The number of halogens is 1. The van der Waals surface area contributed by atoms with Crippen molar-refractivity contribution < 1.29 is 4.52 Å². The van der Waals surface area contributed by atoms with Gasteiger partial charge in [0.15, 0.2) is 0 Å². The first-order valence-electron chi connectivity index (χ1n) is 6.76. The Labute approximate surface area is 127 Å². The fourth-order valence-electron chi connectivity index (χ4n) is 1.97. The standard InChI is InChI=1S/C13H22ClN4OP/c1-12(2)18(20(14)19-10-4-6-15)13(3)5-8-17-9-7-16-11-17/h7,9,11-13H,4-5,8,10H2,1-3H3. The summed E-state index contributed by atoms with van der Waals surface area (Å²) in [6.45, 7) is 7.67. The molecule has 0 fully saturated rings. The van der Waals surface area contributed by atoms with E-state index in [9.17, 15) is 0 Å². The predicted molar refractivity (Wildman–Crippen MR) is 82.2 cm³/mol. The minimum absolute atomic E-state index is 0.304. The van der Waals surface area contributed by atoms with Gasteiger partial charge in [-0.05, 0) is 38.4 Å². The van der Waals surface area contributed by atoms with Crippen LogP contribution in [0, 0.1) is 11.3 Å². The number of hydrogen-bond acceptors (Lipinski definition) is 4. The summed E-state index contributed by atoms with van der Waals surface area (Å²) in [5.74, 6) is 0. The number of rotatable bonds is 9. The Morgan fingerprint density at radius 3 is 2.80 bits per heavy atom. The summed E-state index contributed by atoms with van der Waals surface area (Å²) in [6, 6.07) is 2.67. The zero-order chi connectivity index (χ0) is 15.0. The summed E-state index contributed by atoms with van der Waals surface area (Å²) in [5.41, 5.74) is 0. The number of nitrogens with zero attached hydrogens (tertiary/aromatic N) is 4. The summed E-state index contributed by atoms with van der Waals surface area (Å²) in [4.78, 5) is 4.04. The molecular formula is C13H22ClN4OP. The smallest absolute Gasteiger partial charge is 0.207 e. The molecule has 0 aliphatic rings. The summed E-state index contributed by atoms with van der Waals surface area (Å²) < 4.78 is 9.82. The first kappa shape index (κ1) is 17.4. The van der Waals surface area contributed by atoms with E-state index in [1.54, 1.807) is 6.20 Å². The highest BCUT2D eigenvalue weighted by molar-refractivity contribution is 7.78. The SMILES string of the molecule is CC(C)N(C(C)CCn1ccnc1)P(Cl)OCCC#N. The molecule has 2 unspecified atom stereocenters. The molecule has 5 nitrogen and oxygen atoms in total. The summed E-state index contributed by atoms with van der Waals surface area (Å²) in [7, 11) is -1.17. The Morgan fingerprint density at radius 1 is 1.50 bits per heavy atom. The molecule has 0 radical (unpaired) electrons.